The van der Waals surface area contributed by atoms with Gasteiger partial charge in [0, 0.05) is 6.07 Å². The molecule has 7 nitrogen and oxygen atoms in total. The number of anilines is 1. The molecule has 0 atom stereocenters. The van der Waals surface area contributed by atoms with Crippen molar-refractivity contribution in [3.05, 3.63) is 58.4 Å². The standard InChI is InChI=1S/C13H11FN2O5S/c1-21-13-7-6-9(8-10(13)14)22(19,20)15-11-4-2-3-5-12(11)16(17)18/h2-8,15H,1H3. The third kappa shape index (κ3) is 3.14. The molecule has 9 heteroatoms. The quantitative estimate of drug-likeness (QED) is 0.672. The van der Waals surface area contributed by atoms with Crippen LogP contribution in [0.25, 0.3) is 0 Å². The minimum absolute atomic E-state index is 0.107. The maximum Gasteiger partial charge on any atom is 0.293 e. The van der Waals surface area contributed by atoms with Crippen LogP contribution in [-0.4, -0.2) is 20.5 Å². The van der Waals surface area contributed by atoms with Crippen molar-refractivity contribution in [2.75, 3.05) is 11.8 Å². The molecule has 0 saturated carbocycles. The van der Waals surface area contributed by atoms with Crippen molar-refractivity contribution in [1.29, 1.82) is 0 Å². The van der Waals surface area contributed by atoms with Crippen LogP contribution >= 0.6 is 0 Å². The minimum Gasteiger partial charge on any atom is -0.494 e. The Morgan fingerprint density at radius 3 is 2.50 bits per heavy atom. The molecule has 116 valence electrons. The summed E-state index contributed by atoms with van der Waals surface area (Å²) in [6, 6.07) is 8.32. The largest absolute Gasteiger partial charge is 0.494 e. The van der Waals surface area contributed by atoms with Gasteiger partial charge in [0.1, 0.15) is 5.69 Å². The summed E-state index contributed by atoms with van der Waals surface area (Å²) in [5.41, 5.74) is -0.608. The van der Waals surface area contributed by atoms with E-state index < -0.39 is 26.5 Å². The van der Waals surface area contributed by atoms with E-state index in [1.165, 1.54) is 25.3 Å². The molecule has 0 heterocycles. The van der Waals surface area contributed by atoms with Gasteiger partial charge in [0.25, 0.3) is 15.7 Å². The number of para-hydroxylation sites is 2. The SMILES string of the molecule is COc1ccc(S(=O)(=O)Nc2ccccc2[N+](=O)[O-])cc1F. The van der Waals surface area contributed by atoms with E-state index in [1.807, 2.05) is 0 Å². The first-order valence-electron chi connectivity index (χ1n) is 5.95. The van der Waals surface area contributed by atoms with E-state index in [1.54, 1.807) is 0 Å². The van der Waals surface area contributed by atoms with Gasteiger partial charge in [0.15, 0.2) is 11.6 Å². The van der Waals surface area contributed by atoms with E-state index in [0.29, 0.717) is 0 Å². The maximum absolute atomic E-state index is 13.6. The van der Waals surface area contributed by atoms with E-state index in [2.05, 4.69) is 4.72 Å². The lowest BCUT2D eigenvalue weighted by atomic mass is 10.3. The number of nitrogens with zero attached hydrogens (tertiary/aromatic N) is 1. The van der Waals surface area contributed by atoms with E-state index in [-0.39, 0.29) is 16.3 Å². The molecule has 0 amide bonds. The molecule has 22 heavy (non-hydrogen) atoms. The summed E-state index contributed by atoms with van der Waals surface area (Å²) in [7, 11) is -2.92. The number of methoxy groups -OCH3 is 1. The molecule has 2 aromatic rings. The summed E-state index contributed by atoms with van der Waals surface area (Å²) in [5.74, 6) is -0.961. The van der Waals surface area contributed by atoms with Crippen LogP contribution in [0, 0.1) is 15.9 Å². The third-order valence-electron chi connectivity index (χ3n) is 2.78. The second kappa shape index (κ2) is 5.98. The van der Waals surface area contributed by atoms with Crippen LogP contribution in [0.5, 0.6) is 5.75 Å². The van der Waals surface area contributed by atoms with Crippen LogP contribution in [0.3, 0.4) is 0 Å². The second-order valence-electron chi connectivity index (χ2n) is 4.18. The van der Waals surface area contributed by atoms with Gasteiger partial charge in [-0.2, -0.15) is 0 Å². The topological polar surface area (TPSA) is 98.5 Å². The highest BCUT2D eigenvalue weighted by Crippen LogP contribution is 2.27. The van der Waals surface area contributed by atoms with Crippen LogP contribution in [0.1, 0.15) is 0 Å². The summed E-state index contributed by atoms with van der Waals surface area (Å²) in [6.07, 6.45) is 0. The number of hydrogen-bond donors (Lipinski definition) is 1. The molecule has 0 radical (unpaired) electrons. The van der Waals surface area contributed by atoms with Gasteiger partial charge < -0.3 is 4.74 Å². The summed E-state index contributed by atoms with van der Waals surface area (Å²) in [5, 5.41) is 10.9. The zero-order valence-electron chi connectivity index (χ0n) is 11.3. The third-order valence-corrected chi connectivity index (χ3v) is 4.14. The van der Waals surface area contributed by atoms with Gasteiger partial charge >= 0.3 is 0 Å². The molecular formula is C13H11FN2O5S. The van der Waals surface area contributed by atoms with Gasteiger partial charge in [-0.25, -0.2) is 12.8 Å². The molecule has 0 aliphatic heterocycles. The molecule has 0 bridgehead atoms. The Hall–Kier alpha value is -2.68. The Bertz CT molecular complexity index is 823. The van der Waals surface area contributed by atoms with Gasteiger partial charge in [-0.15, -0.1) is 0 Å². The van der Waals surface area contributed by atoms with Crippen molar-refractivity contribution in [2.45, 2.75) is 4.90 Å². The van der Waals surface area contributed by atoms with Crippen LogP contribution in [-0.2, 0) is 10.0 Å². The summed E-state index contributed by atoms with van der Waals surface area (Å²) in [6.45, 7) is 0. The molecule has 2 rings (SSSR count). The smallest absolute Gasteiger partial charge is 0.293 e. The first-order valence-corrected chi connectivity index (χ1v) is 7.43. The lowest BCUT2D eigenvalue weighted by Crippen LogP contribution is -2.14. The number of sulfonamides is 1. The van der Waals surface area contributed by atoms with Gasteiger partial charge in [0.05, 0.1) is 16.9 Å². The van der Waals surface area contributed by atoms with Gasteiger partial charge in [0.2, 0.25) is 0 Å². The van der Waals surface area contributed by atoms with Crippen molar-refractivity contribution in [3.63, 3.8) is 0 Å². The molecule has 0 aliphatic rings. The van der Waals surface area contributed by atoms with E-state index >= 15 is 0 Å². The molecule has 0 fully saturated rings. The number of nitro benzene ring substituents is 1. The Labute approximate surface area is 125 Å². The summed E-state index contributed by atoms with van der Waals surface area (Å²) < 4.78 is 44.7. The highest BCUT2D eigenvalue weighted by molar-refractivity contribution is 7.92. The number of rotatable bonds is 5. The number of benzene rings is 2. The number of nitro groups is 1. The summed E-state index contributed by atoms with van der Waals surface area (Å²) in [4.78, 5) is 9.79. The Morgan fingerprint density at radius 1 is 1.23 bits per heavy atom. The van der Waals surface area contributed by atoms with Crippen molar-refractivity contribution >= 4 is 21.4 Å². The predicted octanol–water partition coefficient (Wildman–Crippen LogP) is 2.54. The second-order valence-corrected chi connectivity index (χ2v) is 5.86. The zero-order chi connectivity index (χ0) is 16.3. The van der Waals surface area contributed by atoms with E-state index in [4.69, 9.17) is 4.74 Å². The molecule has 0 unspecified atom stereocenters. The number of ether oxygens (including phenoxy) is 1. The highest BCUT2D eigenvalue weighted by atomic mass is 32.2. The summed E-state index contributed by atoms with van der Waals surface area (Å²) >= 11 is 0. The first-order chi connectivity index (χ1) is 10.3. The van der Waals surface area contributed by atoms with Crippen molar-refractivity contribution in [1.82, 2.24) is 0 Å². The van der Waals surface area contributed by atoms with Gasteiger partial charge in [-0.1, -0.05) is 12.1 Å². The van der Waals surface area contributed by atoms with Crippen LogP contribution < -0.4 is 9.46 Å². The average molecular weight is 326 g/mol. The van der Waals surface area contributed by atoms with Crippen molar-refractivity contribution in [2.24, 2.45) is 0 Å². The van der Waals surface area contributed by atoms with Crippen molar-refractivity contribution in [3.8, 4) is 5.75 Å². The number of nitrogens with one attached hydrogen (secondary N) is 1. The fourth-order valence-corrected chi connectivity index (χ4v) is 2.82. The number of halogens is 1. The Balaban J connectivity index is 2.40. The monoisotopic (exact) mass is 326 g/mol. The lowest BCUT2D eigenvalue weighted by molar-refractivity contribution is -0.383. The number of hydrogen-bond acceptors (Lipinski definition) is 5. The molecular weight excluding hydrogens is 315 g/mol. The average Bonchev–Trinajstić information content (AvgIpc) is 2.47. The first kappa shape index (κ1) is 15.7. The molecule has 1 N–H and O–H groups in total. The molecule has 0 aromatic heterocycles. The fourth-order valence-electron chi connectivity index (χ4n) is 1.74. The molecule has 0 aliphatic carbocycles. The molecule has 0 saturated heterocycles. The van der Waals surface area contributed by atoms with Gasteiger partial charge in [-0.05, 0) is 24.3 Å². The van der Waals surface area contributed by atoms with Gasteiger partial charge in [-0.3, -0.25) is 14.8 Å². The van der Waals surface area contributed by atoms with Crippen LogP contribution in [0.4, 0.5) is 15.8 Å². The van der Waals surface area contributed by atoms with Crippen LogP contribution in [0.15, 0.2) is 47.4 Å². The van der Waals surface area contributed by atoms with E-state index in [0.717, 1.165) is 24.3 Å². The minimum atomic E-state index is -4.17. The van der Waals surface area contributed by atoms with E-state index in [9.17, 15) is 22.9 Å². The Kier molecular flexibility index (Phi) is 4.27. The molecule has 0 spiro atoms. The maximum atomic E-state index is 13.6. The highest BCUT2D eigenvalue weighted by Gasteiger charge is 2.21. The zero-order valence-corrected chi connectivity index (χ0v) is 12.1. The predicted molar refractivity (Wildman–Crippen MR) is 76.9 cm³/mol. The lowest BCUT2D eigenvalue weighted by Gasteiger charge is -2.09. The van der Waals surface area contributed by atoms with Crippen molar-refractivity contribution < 1.29 is 22.5 Å². The Morgan fingerprint density at radius 2 is 1.91 bits per heavy atom. The van der Waals surface area contributed by atoms with Crippen LogP contribution in [0.2, 0.25) is 0 Å². The fraction of sp³-hybridized carbons (Fsp3) is 0.0769. The normalized spacial score (nSPS) is 11.0. The molecule has 2 aromatic carbocycles.